The molecule has 1 N–H and O–H groups in total. The Morgan fingerprint density at radius 3 is 2.86 bits per heavy atom. The Kier molecular flexibility index (Phi) is 4.72. The van der Waals surface area contributed by atoms with Crippen molar-refractivity contribution in [2.45, 2.75) is 12.8 Å². The van der Waals surface area contributed by atoms with Crippen LogP contribution in [0.25, 0.3) is 0 Å². The van der Waals surface area contributed by atoms with Gasteiger partial charge in [0, 0.05) is 25.1 Å². The van der Waals surface area contributed by atoms with Crippen LogP contribution in [0.5, 0.6) is 11.5 Å². The minimum absolute atomic E-state index is 0.146. The standard InChI is InChI=1S/C16H22N2O3/c19-14(12-18-7-1-5-17-6-8-18)13-3-4-15-16(11-13)21-10-2-9-20-15/h3-4,11,17H,1-2,5-10,12H2. The van der Waals surface area contributed by atoms with Crippen molar-refractivity contribution in [2.24, 2.45) is 0 Å². The third-order valence-corrected chi connectivity index (χ3v) is 3.87. The van der Waals surface area contributed by atoms with Crippen LogP contribution in [0.15, 0.2) is 18.2 Å². The Hall–Kier alpha value is -1.59. The van der Waals surface area contributed by atoms with Crippen LogP contribution in [0.3, 0.4) is 0 Å². The number of ketones is 1. The molecule has 2 aliphatic rings. The number of Topliss-reactive ketones (excluding diaryl/α,β-unsaturated/α-hetero) is 1. The predicted octanol–water partition coefficient (Wildman–Crippen LogP) is 1.33. The van der Waals surface area contributed by atoms with E-state index in [9.17, 15) is 4.79 Å². The molecule has 2 aliphatic heterocycles. The van der Waals surface area contributed by atoms with E-state index in [0.29, 0.717) is 31.1 Å². The highest BCUT2D eigenvalue weighted by atomic mass is 16.5. The van der Waals surface area contributed by atoms with Gasteiger partial charge in [0.15, 0.2) is 17.3 Å². The molecule has 1 fully saturated rings. The van der Waals surface area contributed by atoms with Crippen molar-refractivity contribution in [1.82, 2.24) is 10.2 Å². The molecule has 1 aromatic carbocycles. The van der Waals surface area contributed by atoms with Gasteiger partial charge < -0.3 is 14.8 Å². The van der Waals surface area contributed by atoms with Gasteiger partial charge in [-0.05, 0) is 37.7 Å². The van der Waals surface area contributed by atoms with E-state index in [2.05, 4.69) is 10.2 Å². The highest BCUT2D eigenvalue weighted by Gasteiger charge is 2.17. The molecule has 2 heterocycles. The molecular formula is C16H22N2O3. The average molecular weight is 290 g/mol. The number of ether oxygens (including phenoxy) is 2. The average Bonchev–Trinajstić information content (AvgIpc) is 2.88. The molecule has 0 bridgehead atoms. The summed E-state index contributed by atoms with van der Waals surface area (Å²) < 4.78 is 11.2. The van der Waals surface area contributed by atoms with Crippen LogP contribution in [-0.2, 0) is 0 Å². The first kappa shape index (κ1) is 14.4. The molecule has 114 valence electrons. The first-order chi connectivity index (χ1) is 10.3. The van der Waals surface area contributed by atoms with Gasteiger partial charge >= 0.3 is 0 Å². The van der Waals surface area contributed by atoms with E-state index >= 15 is 0 Å². The topological polar surface area (TPSA) is 50.8 Å². The van der Waals surface area contributed by atoms with E-state index in [-0.39, 0.29) is 5.78 Å². The van der Waals surface area contributed by atoms with Gasteiger partial charge in [0.25, 0.3) is 0 Å². The first-order valence-electron chi connectivity index (χ1n) is 7.69. The maximum absolute atomic E-state index is 12.4. The Balaban J connectivity index is 1.68. The van der Waals surface area contributed by atoms with Crippen molar-refractivity contribution in [3.63, 3.8) is 0 Å². The zero-order valence-corrected chi connectivity index (χ0v) is 12.3. The number of benzene rings is 1. The molecular weight excluding hydrogens is 268 g/mol. The van der Waals surface area contributed by atoms with Crippen LogP contribution in [-0.4, -0.2) is 56.6 Å². The van der Waals surface area contributed by atoms with E-state index in [4.69, 9.17) is 9.47 Å². The Morgan fingerprint density at radius 1 is 1.10 bits per heavy atom. The molecule has 0 spiro atoms. The molecule has 0 amide bonds. The van der Waals surface area contributed by atoms with Gasteiger partial charge in [0.2, 0.25) is 0 Å². The third-order valence-electron chi connectivity index (χ3n) is 3.87. The molecule has 21 heavy (non-hydrogen) atoms. The molecule has 1 aromatic rings. The summed E-state index contributed by atoms with van der Waals surface area (Å²) in [5.74, 6) is 1.58. The summed E-state index contributed by atoms with van der Waals surface area (Å²) in [5, 5.41) is 3.35. The smallest absolute Gasteiger partial charge is 0.176 e. The summed E-state index contributed by atoms with van der Waals surface area (Å²) >= 11 is 0. The molecule has 5 heteroatoms. The lowest BCUT2D eigenvalue weighted by atomic mass is 10.1. The maximum Gasteiger partial charge on any atom is 0.176 e. The van der Waals surface area contributed by atoms with Crippen molar-refractivity contribution in [1.29, 1.82) is 0 Å². The lowest BCUT2D eigenvalue weighted by Gasteiger charge is -2.18. The predicted molar refractivity (Wildman–Crippen MR) is 80.3 cm³/mol. The normalized spacial score (nSPS) is 19.6. The van der Waals surface area contributed by atoms with E-state index in [1.807, 2.05) is 18.2 Å². The molecule has 3 rings (SSSR count). The molecule has 5 nitrogen and oxygen atoms in total. The number of hydrogen-bond donors (Lipinski definition) is 1. The minimum Gasteiger partial charge on any atom is -0.490 e. The second kappa shape index (κ2) is 6.91. The lowest BCUT2D eigenvalue weighted by molar-refractivity contribution is 0.0934. The van der Waals surface area contributed by atoms with Crippen LogP contribution < -0.4 is 14.8 Å². The fourth-order valence-electron chi connectivity index (χ4n) is 2.69. The number of nitrogens with one attached hydrogen (secondary N) is 1. The Morgan fingerprint density at radius 2 is 1.95 bits per heavy atom. The number of rotatable bonds is 3. The number of nitrogens with zero attached hydrogens (tertiary/aromatic N) is 1. The van der Waals surface area contributed by atoms with Crippen molar-refractivity contribution < 1.29 is 14.3 Å². The van der Waals surface area contributed by atoms with Crippen molar-refractivity contribution in [3.05, 3.63) is 23.8 Å². The number of fused-ring (bicyclic) bond motifs is 1. The van der Waals surface area contributed by atoms with Gasteiger partial charge in [0.05, 0.1) is 19.8 Å². The zero-order valence-electron chi connectivity index (χ0n) is 12.3. The Bertz CT molecular complexity index is 496. The lowest BCUT2D eigenvalue weighted by Crippen LogP contribution is -2.33. The third kappa shape index (κ3) is 3.74. The summed E-state index contributed by atoms with van der Waals surface area (Å²) in [7, 11) is 0. The van der Waals surface area contributed by atoms with Gasteiger partial charge in [-0.1, -0.05) is 0 Å². The SMILES string of the molecule is O=C(CN1CCCNCC1)c1ccc2c(c1)OCCCO2. The highest BCUT2D eigenvalue weighted by Crippen LogP contribution is 2.30. The quantitative estimate of drug-likeness (QED) is 0.851. The highest BCUT2D eigenvalue weighted by molar-refractivity contribution is 5.98. The van der Waals surface area contributed by atoms with E-state index in [1.165, 1.54) is 0 Å². The molecule has 0 atom stereocenters. The van der Waals surface area contributed by atoms with Crippen LogP contribution in [0, 0.1) is 0 Å². The molecule has 1 saturated heterocycles. The minimum atomic E-state index is 0.146. The van der Waals surface area contributed by atoms with Gasteiger partial charge in [-0.2, -0.15) is 0 Å². The zero-order chi connectivity index (χ0) is 14.5. The van der Waals surface area contributed by atoms with Gasteiger partial charge in [0.1, 0.15) is 0 Å². The van der Waals surface area contributed by atoms with E-state index < -0.39 is 0 Å². The van der Waals surface area contributed by atoms with Gasteiger partial charge in [-0.3, -0.25) is 9.69 Å². The van der Waals surface area contributed by atoms with Crippen molar-refractivity contribution in [2.75, 3.05) is 45.9 Å². The maximum atomic E-state index is 12.4. The fourth-order valence-corrected chi connectivity index (χ4v) is 2.69. The summed E-state index contributed by atoms with van der Waals surface area (Å²) in [6.07, 6.45) is 1.97. The number of carbonyl (C=O) groups is 1. The van der Waals surface area contributed by atoms with Crippen molar-refractivity contribution in [3.8, 4) is 11.5 Å². The molecule has 0 radical (unpaired) electrons. The first-order valence-corrected chi connectivity index (χ1v) is 7.69. The monoisotopic (exact) mass is 290 g/mol. The van der Waals surface area contributed by atoms with Gasteiger partial charge in [-0.15, -0.1) is 0 Å². The van der Waals surface area contributed by atoms with Gasteiger partial charge in [-0.25, -0.2) is 0 Å². The summed E-state index contributed by atoms with van der Waals surface area (Å²) in [6, 6.07) is 5.50. The molecule has 0 saturated carbocycles. The molecule has 0 aliphatic carbocycles. The summed E-state index contributed by atoms with van der Waals surface area (Å²) in [4.78, 5) is 14.7. The molecule has 0 unspecified atom stereocenters. The summed E-state index contributed by atoms with van der Waals surface area (Å²) in [5.41, 5.74) is 0.705. The van der Waals surface area contributed by atoms with Crippen molar-refractivity contribution >= 4 is 5.78 Å². The van der Waals surface area contributed by atoms with Crippen LogP contribution in [0.4, 0.5) is 0 Å². The largest absolute Gasteiger partial charge is 0.490 e. The fraction of sp³-hybridized carbons (Fsp3) is 0.562. The van der Waals surface area contributed by atoms with Crippen LogP contribution in [0.1, 0.15) is 23.2 Å². The number of carbonyl (C=O) groups excluding carboxylic acids is 1. The van der Waals surface area contributed by atoms with E-state index in [0.717, 1.165) is 44.8 Å². The van der Waals surface area contributed by atoms with E-state index in [1.54, 1.807) is 0 Å². The summed E-state index contributed by atoms with van der Waals surface area (Å²) in [6.45, 7) is 5.67. The number of hydrogen-bond acceptors (Lipinski definition) is 5. The second-order valence-electron chi connectivity index (χ2n) is 5.51. The Labute approximate surface area is 125 Å². The van der Waals surface area contributed by atoms with Crippen LogP contribution in [0.2, 0.25) is 0 Å². The second-order valence-corrected chi connectivity index (χ2v) is 5.51. The van der Waals surface area contributed by atoms with Crippen LogP contribution >= 0.6 is 0 Å². The molecule has 0 aromatic heterocycles.